The number of nitrogens with zero attached hydrogens (tertiary/aromatic N) is 1. The highest BCUT2D eigenvalue weighted by Gasteiger charge is 2.24. The Morgan fingerprint density at radius 3 is 2.79 bits per heavy atom. The minimum Gasteiger partial charge on any atom is -0.493 e. The van der Waals surface area contributed by atoms with Crippen molar-refractivity contribution in [3.05, 3.63) is 53.6 Å². The summed E-state index contributed by atoms with van der Waals surface area (Å²) < 4.78 is 34.3. The molecule has 150 valence electrons. The number of fused-ring (bicyclic) bond motifs is 1. The van der Waals surface area contributed by atoms with Gasteiger partial charge in [-0.15, -0.1) is 0 Å². The van der Waals surface area contributed by atoms with Crippen LogP contribution in [0.4, 0.5) is 14.5 Å². The van der Waals surface area contributed by atoms with Crippen LogP contribution in [0.3, 0.4) is 0 Å². The zero-order chi connectivity index (χ0) is 20.1. The molecule has 0 radical (unpaired) electrons. The molecule has 1 amide bonds. The van der Waals surface area contributed by atoms with Gasteiger partial charge >= 0.3 is 6.61 Å². The quantitative estimate of drug-likeness (QED) is 0.782. The highest BCUT2D eigenvalue weighted by Crippen LogP contribution is 2.31. The maximum atomic E-state index is 12.5. The van der Waals surface area contributed by atoms with Crippen LogP contribution in [-0.2, 0) is 17.8 Å². The lowest BCUT2D eigenvalue weighted by molar-refractivity contribution is -0.120. The first-order chi connectivity index (χ1) is 13.5. The van der Waals surface area contributed by atoms with Crippen LogP contribution in [0.15, 0.2) is 42.5 Å². The van der Waals surface area contributed by atoms with Crippen molar-refractivity contribution >= 4 is 11.6 Å². The number of carbonyl (C=O) groups excluding carboxylic acids is 1. The molecule has 3 rings (SSSR count). The Kier molecular flexibility index (Phi) is 6.34. The number of alkyl halides is 2. The first kappa shape index (κ1) is 19.9. The molecular formula is C21H24F2N2O3. The Hall–Kier alpha value is -2.83. The van der Waals surface area contributed by atoms with Gasteiger partial charge in [-0.2, -0.15) is 8.78 Å². The molecule has 2 aromatic rings. The van der Waals surface area contributed by atoms with Crippen molar-refractivity contribution < 1.29 is 23.0 Å². The predicted octanol–water partition coefficient (Wildman–Crippen LogP) is 3.75. The second-order valence-corrected chi connectivity index (χ2v) is 6.78. The number of para-hydroxylation sites is 1. The van der Waals surface area contributed by atoms with Crippen LogP contribution in [0.2, 0.25) is 0 Å². The van der Waals surface area contributed by atoms with Gasteiger partial charge in [0.05, 0.1) is 13.7 Å². The molecule has 0 bridgehead atoms. The van der Waals surface area contributed by atoms with Crippen molar-refractivity contribution in [2.24, 2.45) is 0 Å². The van der Waals surface area contributed by atoms with Gasteiger partial charge in [0.15, 0.2) is 11.5 Å². The standard InChI is InChI=1S/C21H24F2N2O3/c1-14-7-9-16-5-3-4-6-17(16)25(14)13-20(26)24-12-15-8-10-18(28-21(22)23)19(11-15)27-2/h3-6,8,10-11,14,21H,7,9,12-13H2,1-2H3,(H,24,26)/t14-/m1/s1. The fourth-order valence-electron chi connectivity index (χ4n) is 3.43. The lowest BCUT2D eigenvalue weighted by atomic mass is 9.96. The Morgan fingerprint density at radius 1 is 1.25 bits per heavy atom. The molecule has 1 atom stereocenters. The fourth-order valence-corrected chi connectivity index (χ4v) is 3.43. The number of aryl methyl sites for hydroxylation is 1. The van der Waals surface area contributed by atoms with E-state index in [1.807, 2.05) is 18.2 Å². The second kappa shape index (κ2) is 8.91. The first-order valence-corrected chi connectivity index (χ1v) is 9.21. The summed E-state index contributed by atoms with van der Waals surface area (Å²) in [6, 6.07) is 13.0. The number of halogens is 2. The molecule has 0 fully saturated rings. The third-order valence-electron chi connectivity index (χ3n) is 4.91. The number of hydrogen-bond donors (Lipinski definition) is 1. The van der Waals surface area contributed by atoms with Crippen LogP contribution in [0.1, 0.15) is 24.5 Å². The first-order valence-electron chi connectivity index (χ1n) is 9.21. The summed E-state index contributed by atoms with van der Waals surface area (Å²) in [5, 5.41) is 2.88. The smallest absolute Gasteiger partial charge is 0.387 e. The summed E-state index contributed by atoms with van der Waals surface area (Å²) in [7, 11) is 1.38. The van der Waals surface area contributed by atoms with Crippen LogP contribution in [0.25, 0.3) is 0 Å². The van der Waals surface area contributed by atoms with E-state index in [4.69, 9.17) is 4.74 Å². The molecule has 1 aliphatic rings. The van der Waals surface area contributed by atoms with Crippen LogP contribution in [0.5, 0.6) is 11.5 Å². The average Bonchev–Trinajstić information content (AvgIpc) is 2.69. The molecule has 1 heterocycles. The lowest BCUT2D eigenvalue weighted by Crippen LogP contribution is -2.44. The number of ether oxygens (including phenoxy) is 2. The van der Waals surface area contributed by atoms with Crippen molar-refractivity contribution in [1.82, 2.24) is 5.32 Å². The molecular weight excluding hydrogens is 366 g/mol. The van der Waals surface area contributed by atoms with Crippen molar-refractivity contribution in [3.63, 3.8) is 0 Å². The maximum absolute atomic E-state index is 12.5. The van der Waals surface area contributed by atoms with Crippen LogP contribution >= 0.6 is 0 Å². The Bertz CT molecular complexity index is 829. The minimum absolute atomic E-state index is 0.0358. The Balaban J connectivity index is 1.62. The molecule has 0 saturated carbocycles. The third kappa shape index (κ3) is 4.71. The maximum Gasteiger partial charge on any atom is 0.387 e. The van der Waals surface area contributed by atoms with Crippen LogP contribution in [0, 0.1) is 0 Å². The summed E-state index contributed by atoms with van der Waals surface area (Å²) >= 11 is 0. The molecule has 7 heteroatoms. The van der Waals surface area contributed by atoms with Gasteiger partial charge in [0.1, 0.15) is 0 Å². The molecule has 0 saturated heterocycles. The van der Waals surface area contributed by atoms with E-state index in [2.05, 4.69) is 27.9 Å². The largest absolute Gasteiger partial charge is 0.493 e. The van der Waals surface area contributed by atoms with Gasteiger partial charge in [0, 0.05) is 18.3 Å². The molecule has 0 spiro atoms. The van der Waals surface area contributed by atoms with Crippen LogP contribution in [-0.4, -0.2) is 32.2 Å². The van der Waals surface area contributed by atoms with Gasteiger partial charge in [-0.3, -0.25) is 4.79 Å². The number of hydrogen-bond acceptors (Lipinski definition) is 4. The molecule has 0 unspecified atom stereocenters. The molecule has 0 aromatic heterocycles. The van der Waals surface area contributed by atoms with Gasteiger partial charge in [-0.25, -0.2) is 0 Å². The molecule has 1 aliphatic heterocycles. The monoisotopic (exact) mass is 390 g/mol. The fraction of sp³-hybridized carbons (Fsp3) is 0.381. The van der Waals surface area contributed by atoms with E-state index < -0.39 is 6.61 Å². The number of methoxy groups -OCH3 is 1. The van der Waals surface area contributed by atoms with Gasteiger partial charge in [0.2, 0.25) is 5.91 Å². The molecule has 1 N–H and O–H groups in total. The van der Waals surface area contributed by atoms with Crippen molar-refractivity contribution in [2.75, 3.05) is 18.6 Å². The van der Waals surface area contributed by atoms with Gasteiger partial charge in [0.25, 0.3) is 0 Å². The number of amides is 1. The van der Waals surface area contributed by atoms with Crippen molar-refractivity contribution in [2.45, 2.75) is 39.0 Å². The number of nitrogens with one attached hydrogen (secondary N) is 1. The number of carbonyl (C=O) groups is 1. The van der Waals surface area contributed by atoms with Crippen LogP contribution < -0.4 is 19.7 Å². The average molecular weight is 390 g/mol. The molecule has 5 nitrogen and oxygen atoms in total. The molecule has 0 aliphatic carbocycles. The van der Waals surface area contributed by atoms with Crippen molar-refractivity contribution in [1.29, 1.82) is 0 Å². The van der Waals surface area contributed by atoms with Crippen molar-refractivity contribution in [3.8, 4) is 11.5 Å². The van der Waals surface area contributed by atoms with E-state index in [1.54, 1.807) is 12.1 Å². The summed E-state index contributed by atoms with van der Waals surface area (Å²) in [5.74, 6) is 0.0624. The van der Waals surface area contributed by atoms with Gasteiger partial charge in [-0.05, 0) is 49.1 Å². The Morgan fingerprint density at radius 2 is 2.04 bits per heavy atom. The highest BCUT2D eigenvalue weighted by molar-refractivity contribution is 5.82. The van der Waals surface area contributed by atoms with E-state index in [0.29, 0.717) is 0 Å². The van der Waals surface area contributed by atoms with E-state index in [-0.39, 0.29) is 36.5 Å². The van der Waals surface area contributed by atoms with E-state index in [9.17, 15) is 13.6 Å². The van der Waals surface area contributed by atoms with E-state index in [0.717, 1.165) is 24.1 Å². The van der Waals surface area contributed by atoms with Gasteiger partial charge in [-0.1, -0.05) is 24.3 Å². The van der Waals surface area contributed by atoms with E-state index in [1.165, 1.54) is 18.7 Å². The minimum atomic E-state index is -2.92. The predicted molar refractivity (Wildman–Crippen MR) is 103 cm³/mol. The summed E-state index contributed by atoms with van der Waals surface area (Å²) in [6.07, 6.45) is 2.02. The number of rotatable bonds is 7. The van der Waals surface area contributed by atoms with Gasteiger partial charge < -0.3 is 19.7 Å². The normalized spacial score (nSPS) is 15.9. The Labute approximate surface area is 163 Å². The lowest BCUT2D eigenvalue weighted by Gasteiger charge is -2.36. The summed E-state index contributed by atoms with van der Waals surface area (Å²) in [4.78, 5) is 14.6. The highest BCUT2D eigenvalue weighted by atomic mass is 19.3. The SMILES string of the molecule is COc1cc(CNC(=O)CN2c3ccccc3CC[C@H]2C)ccc1OC(F)F. The molecule has 28 heavy (non-hydrogen) atoms. The summed E-state index contributed by atoms with van der Waals surface area (Å²) in [6.45, 7) is -0.264. The number of benzene rings is 2. The number of anilines is 1. The molecule has 2 aromatic carbocycles. The third-order valence-corrected chi connectivity index (χ3v) is 4.91. The van der Waals surface area contributed by atoms with E-state index >= 15 is 0 Å². The zero-order valence-electron chi connectivity index (χ0n) is 16.0. The second-order valence-electron chi connectivity index (χ2n) is 6.78. The topological polar surface area (TPSA) is 50.8 Å². The summed E-state index contributed by atoms with van der Waals surface area (Å²) in [5.41, 5.74) is 3.10. The zero-order valence-corrected chi connectivity index (χ0v) is 16.0.